The molecule has 1 heterocycles. The van der Waals surface area contributed by atoms with E-state index in [0.717, 1.165) is 18.9 Å². The van der Waals surface area contributed by atoms with Crippen LogP contribution in [0, 0.1) is 11.2 Å². The van der Waals surface area contributed by atoms with E-state index in [9.17, 15) is 4.79 Å². The van der Waals surface area contributed by atoms with Gasteiger partial charge in [0.15, 0.2) is 0 Å². The molecule has 2 N–H and O–H groups in total. The fraction of sp³-hybridized carbons (Fsp3) is 0.583. The molecule has 0 saturated carbocycles. The van der Waals surface area contributed by atoms with Crippen LogP contribution in [0.5, 0.6) is 0 Å². The minimum absolute atomic E-state index is 0.290. The Bertz CT molecular complexity index is 369. The lowest BCUT2D eigenvalue weighted by atomic mass is 9.67. The molecule has 0 unspecified atom stereocenters. The number of likely N-dealkylation sites (N-methyl/N-ethyl adjacent to an activating group) is 1. The Balaban J connectivity index is 0.000000399. The van der Waals surface area contributed by atoms with E-state index in [2.05, 4.69) is 26.2 Å². The van der Waals surface area contributed by atoms with Gasteiger partial charge in [0.2, 0.25) is 0 Å². The van der Waals surface area contributed by atoms with Crippen LogP contribution >= 0.6 is 0 Å². The summed E-state index contributed by atoms with van der Waals surface area (Å²) in [7, 11) is 1.89. The van der Waals surface area contributed by atoms with E-state index in [1.54, 1.807) is 5.98 Å². The third kappa shape index (κ3) is 9.86. The molecule has 6 nitrogen and oxygen atoms in total. The van der Waals surface area contributed by atoms with Crippen molar-refractivity contribution in [2.45, 2.75) is 26.4 Å². The first-order chi connectivity index (χ1) is 8.92. The number of nitrogens with zero attached hydrogens (tertiary/aromatic N) is 2. The van der Waals surface area contributed by atoms with E-state index in [-0.39, 0.29) is 12.4 Å². The van der Waals surface area contributed by atoms with Gasteiger partial charge in [0.25, 0.3) is 6.47 Å². The average Bonchev–Trinajstić information content (AvgIpc) is 2.77. The van der Waals surface area contributed by atoms with Crippen molar-refractivity contribution in [3.8, 4) is 5.97 Å². The molecule has 0 spiro atoms. The van der Waals surface area contributed by atoms with Gasteiger partial charge < -0.3 is 20.3 Å². The highest BCUT2D eigenvalue weighted by Crippen LogP contribution is 2.02. The molecular weight excluding hydrogens is 243 g/mol. The van der Waals surface area contributed by atoms with Crippen LogP contribution in [-0.2, 0) is 9.53 Å². The topological polar surface area (TPSA) is 86.5 Å². The Labute approximate surface area is 115 Å². The van der Waals surface area contributed by atoms with Crippen LogP contribution in [-0.4, -0.2) is 44.9 Å². The van der Waals surface area contributed by atoms with Crippen molar-refractivity contribution in [2.75, 3.05) is 20.1 Å². The van der Waals surface area contributed by atoms with Gasteiger partial charge in [-0.3, -0.25) is 4.79 Å². The van der Waals surface area contributed by atoms with Gasteiger partial charge in [0.1, 0.15) is 11.4 Å². The van der Waals surface area contributed by atoms with Crippen LogP contribution in [0.25, 0.3) is 0 Å². The zero-order valence-corrected chi connectivity index (χ0v) is 11.9. The first-order valence-corrected chi connectivity index (χ1v) is 6.08. The summed E-state index contributed by atoms with van der Waals surface area (Å²) in [4.78, 5) is 13.7. The second-order valence-corrected chi connectivity index (χ2v) is 4.80. The van der Waals surface area contributed by atoms with Crippen LogP contribution in [0.4, 0.5) is 0 Å². The fourth-order valence-corrected chi connectivity index (χ4v) is 1.05. The van der Waals surface area contributed by atoms with Crippen LogP contribution in [0.1, 0.15) is 20.8 Å². The van der Waals surface area contributed by atoms with E-state index >= 15 is 0 Å². The molecular formula is C12H21BN4O2. The van der Waals surface area contributed by atoms with E-state index in [1.807, 2.05) is 33.9 Å². The number of carbonyl (C=O) groups excluding carboxylic acids is 1. The molecule has 7 heteroatoms. The van der Waals surface area contributed by atoms with Gasteiger partial charge in [-0.1, -0.05) is 5.98 Å². The van der Waals surface area contributed by atoms with E-state index in [0.29, 0.717) is 6.47 Å². The number of nitrogens with one attached hydrogen (secondary N) is 2. The predicted octanol–water partition coefficient (Wildman–Crippen LogP) is 0.315. The minimum Gasteiger partial charge on any atom is -0.462 e. The molecule has 1 rings (SSSR count). The Morgan fingerprint density at radius 2 is 2.21 bits per heavy atom. The van der Waals surface area contributed by atoms with E-state index in [1.165, 1.54) is 0 Å². The molecule has 0 fully saturated rings. The van der Waals surface area contributed by atoms with Crippen molar-refractivity contribution in [3.63, 3.8) is 0 Å². The Morgan fingerprint density at radius 1 is 1.53 bits per heavy atom. The second-order valence-electron chi connectivity index (χ2n) is 4.80. The zero-order valence-electron chi connectivity index (χ0n) is 11.9. The molecule has 0 aliphatic carbocycles. The number of hydrogen-bond acceptors (Lipinski definition) is 6. The summed E-state index contributed by atoms with van der Waals surface area (Å²) in [6.07, 6.45) is 1.84. The third-order valence-corrected chi connectivity index (χ3v) is 1.93. The highest BCUT2D eigenvalue weighted by molar-refractivity contribution is 6.73. The van der Waals surface area contributed by atoms with Crippen LogP contribution in [0.2, 0.25) is 0 Å². The van der Waals surface area contributed by atoms with E-state index < -0.39 is 0 Å². The molecule has 0 radical (unpaired) electrons. The minimum atomic E-state index is -0.318. The van der Waals surface area contributed by atoms with Crippen molar-refractivity contribution in [2.24, 2.45) is 4.90 Å². The molecule has 0 amide bonds. The predicted molar refractivity (Wildman–Crippen MR) is 76.8 cm³/mol. The van der Waals surface area contributed by atoms with Gasteiger partial charge in [0, 0.05) is 19.1 Å². The normalized spacial score (nSPS) is 13.0. The first kappa shape index (κ1) is 17.2. The average molecular weight is 264 g/mol. The SMILES string of the molecule is CC(C)(C)OC=O.CNCCNC1=NB(C#N)C=C1. The standard InChI is InChI=1S/C7H11BN4.C5H10O2/c1-10-4-5-11-7-2-3-8(6-9)12-7;1-5(2,3)7-4-6/h2-3,10H,4-5H2,1H3,(H,11,12);4H,1-3H3. The lowest BCUT2D eigenvalue weighted by Gasteiger charge is -2.14. The fourth-order valence-electron chi connectivity index (χ4n) is 1.05. The molecule has 0 bridgehead atoms. The maximum atomic E-state index is 9.60. The summed E-state index contributed by atoms with van der Waals surface area (Å²) in [6.45, 7) is 7.36. The molecule has 0 aromatic carbocycles. The Kier molecular flexibility index (Phi) is 8.30. The van der Waals surface area contributed by atoms with Gasteiger partial charge >= 0.3 is 6.85 Å². The summed E-state index contributed by atoms with van der Waals surface area (Å²) in [5.41, 5.74) is -0.318. The van der Waals surface area contributed by atoms with Crippen molar-refractivity contribution in [1.29, 1.82) is 5.26 Å². The monoisotopic (exact) mass is 264 g/mol. The molecule has 0 saturated heterocycles. The van der Waals surface area contributed by atoms with E-state index in [4.69, 9.17) is 5.26 Å². The van der Waals surface area contributed by atoms with Crippen molar-refractivity contribution >= 4 is 19.2 Å². The Hall–Kier alpha value is -1.81. The first-order valence-electron chi connectivity index (χ1n) is 6.08. The number of nitriles is 1. The van der Waals surface area contributed by atoms with Gasteiger partial charge in [-0.05, 0) is 33.9 Å². The van der Waals surface area contributed by atoms with Crippen molar-refractivity contribution in [1.82, 2.24) is 10.6 Å². The maximum Gasteiger partial charge on any atom is 0.423 e. The smallest absolute Gasteiger partial charge is 0.423 e. The number of carbonyl (C=O) groups is 1. The quantitative estimate of drug-likeness (QED) is 0.433. The second kappa shape index (κ2) is 9.17. The van der Waals surface area contributed by atoms with Crippen molar-refractivity contribution < 1.29 is 9.53 Å². The summed E-state index contributed by atoms with van der Waals surface area (Å²) < 4.78 is 4.55. The highest BCUT2D eigenvalue weighted by Gasteiger charge is 2.14. The molecule has 0 atom stereocenters. The Morgan fingerprint density at radius 3 is 2.58 bits per heavy atom. The van der Waals surface area contributed by atoms with Crippen LogP contribution in [0.15, 0.2) is 17.0 Å². The van der Waals surface area contributed by atoms with Crippen molar-refractivity contribution in [3.05, 3.63) is 12.1 Å². The molecule has 1 aliphatic heterocycles. The van der Waals surface area contributed by atoms with Crippen LogP contribution in [0.3, 0.4) is 0 Å². The third-order valence-electron chi connectivity index (χ3n) is 1.93. The molecule has 19 heavy (non-hydrogen) atoms. The molecule has 1 aliphatic rings. The molecule has 0 aromatic heterocycles. The summed E-state index contributed by atoms with van der Waals surface area (Å²) in [5.74, 6) is 4.64. The number of rotatable bonds is 4. The summed E-state index contributed by atoms with van der Waals surface area (Å²) in [5, 5.41) is 14.6. The molecule has 104 valence electrons. The maximum absolute atomic E-state index is 9.60. The number of hydrogen-bond donors (Lipinski definition) is 2. The number of ether oxygens (including phenoxy) is 1. The zero-order chi connectivity index (χ0) is 14.7. The largest absolute Gasteiger partial charge is 0.462 e. The highest BCUT2D eigenvalue weighted by atomic mass is 16.5. The van der Waals surface area contributed by atoms with Gasteiger partial charge in [-0.25, -0.2) is 5.26 Å². The molecule has 0 aromatic rings. The van der Waals surface area contributed by atoms with Crippen LogP contribution < -0.4 is 10.6 Å². The number of amidine groups is 1. The lowest BCUT2D eigenvalue weighted by Crippen LogP contribution is -2.28. The summed E-state index contributed by atoms with van der Waals surface area (Å²) in [6, 6.07) is 0. The van der Waals surface area contributed by atoms with Gasteiger partial charge in [-0.2, -0.15) is 0 Å². The van der Waals surface area contributed by atoms with Gasteiger partial charge in [0.05, 0.1) is 0 Å². The lowest BCUT2D eigenvalue weighted by molar-refractivity contribution is -0.138. The van der Waals surface area contributed by atoms with Gasteiger partial charge in [-0.15, -0.1) is 0 Å². The summed E-state index contributed by atoms with van der Waals surface area (Å²) >= 11 is 0.